The van der Waals surface area contributed by atoms with Crippen molar-refractivity contribution in [3.05, 3.63) is 42.2 Å². The van der Waals surface area contributed by atoms with Crippen LogP contribution in [-0.4, -0.2) is 4.98 Å². The number of aryl methyl sites for hydroxylation is 1. The molecule has 1 heterocycles. The molecule has 1 aromatic heterocycles. The van der Waals surface area contributed by atoms with Crippen LogP contribution in [0.4, 0.5) is 0 Å². The summed E-state index contributed by atoms with van der Waals surface area (Å²) in [7, 11) is 0. The van der Waals surface area contributed by atoms with Crippen LogP contribution in [0.5, 0.6) is 0 Å². The summed E-state index contributed by atoms with van der Waals surface area (Å²) < 4.78 is 0. The molecule has 0 unspecified atom stereocenters. The summed E-state index contributed by atoms with van der Waals surface area (Å²) in [5, 5.41) is 0. The van der Waals surface area contributed by atoms with Gasteiger partial charge < -0.3 is 0 Å². The van der Waals surface area contributed by atoms with Gasteiger partial charge in [0.25, 0.3) is 0 Å². The largest absolute Gasteiger partial charge is 0.261 e. The van der Waals surface area contributed by atoms with Gasteiger partial charge in [-0.25, -0.2) is 0 Å². The average Bonchev–Trinajstić information content (AvgIpc) is 2.03. The monoisotopic (exact) mass is 159 g/mol. The predicted molar refractivity (Wildman–Crippen MR) is 53.8 cm³/mol. The smallest absolute Gasteiger partial charge is 0.0379 e. The third kappa shape index (κ3) is 1.62. The van der Waals surface area contributed by atoms with E-state index in [2.05, 4.69) is 18.1 Å². The molecule has 0 aliphatic rings. The molecule has 0 aromatic carbocycles. The van der Waals surface area contributed by atoms with Crippen LogP contribution in [0.1, 0.15) is 23.7 Å². The minimum Gasteiger partial charge on any atom is -0.261 e. The lowest BCUT2D eigenvalue weighted by Crippen LogP contribution is -1.89. The van der Waals surface area contributed by atoms with Gasteiger partial charge in [0, 0.05) is 17.5 Å². The predicted octanol–water partition coefficient (Wildman–Crippen LogP) is 3.07. The summed E-state index contributed by atoms with van der Waals surface area (Å²) in [5.74, 6) is 0. The van der Waals surface area contributed by atoms with Gasteiger partial charge in [-0.1, -0.05) is 19.2 Å². The molecule has 0 saturated carbocycles. The summed E-state index contributed by atoms with van der Waals surface area (Å²) in [6, 6.07) is 2.01. The number of nitrogens with zero attached hydrogens (tertiary/aromatic N) is 1. The highest BCUT2D eigenvalue weighted by molar-refractivity contribution is 5.70. The van der Waals surface area contributed by atoms with Crippen molar-refractivity contribution in [1.29, 1.82) is 0 Å². The first-order chi connectivity index (χ1) is 5.65. The van der Waals surface area contributed by atoms with E-state index in [0.717, 1.165) is 22.4 Å². The molecular weight excluding hydrogens is 146 g/mol. The maximum absolute atomic E-state index is 4.20. The van der Waals surface area contributed by atoms with Gasteiger partial charge in [0.05, 0.1) is 0 Å². The Bertz CT molecular complexity index is 324. The van der Waals surface area contributed by atoms with E-state index in [0.29, 0.717) is 0 Å². The van der Waals surface area contributed by atoms with Crippen LogP contribution in [-0.2, 0) is 0 Å². The Balaban J connectivity index is 3.29. The molecule has 62 valence electrons. The summed E-state index contributed by atoms with van der Waals surface area (Å²) in [6.45, 7) is 11.6. The molecule has 0 atom stereocenters. The zero-order chi connectivity index (χ0) is 9.14. The van der Waals surface area contributed by atoms with E-state index < -0.39 is 0 Å². The minimum absolute atomic E-state index is 1.01. The van der Waals surface area contributed by atoms with E-state index in [9.17, 15) is 0 Å². The molecule has 0 aliphatic carbocycles. The number of allylic oxidation sites excluding steroid dienone is 1. The molecule has 12 heavy (non-hydrogen) atoms. The Kier molecular flexibility index (Phi) is 2.44. The molecule has 1 heteroatoms. The zero-order valence-corrected chi connectivity index (χ0v) is 7.59. The fourth-order valence-corrected chi connectivity index (χ4v) is 1.11. The second-order valence-electron chi connectivity index (χ2n) is 2.90. The maximum Gasteiger partial charge on any atom is 0.0379 e. The first-order valence-corrected chi connectivity index (χ1v) is 3.90. The number of rotatable bonds is 2. The standard InChI is InChI=1S/C11H13N/c1-5-10-6-9(4)12-7-11(10)8(2)3/h5-7H,1-2H2,3-4H3. The molecule has 0 aliphatic heterocycles. The molecule has 0 fully saturated rings. The van der Waals surface area contributed by atoms with Crippen molar-refractivity contribution >= 4 is 11.6 Å². The highest BCUT2D eigenvalue weighted by Gasteiger charge is 1.99. The van der Waals surface area contributed by atoms with Gasteiger partial charge in [-0.15, -0.1) is 0 Å². The zero-order valence-electron chi connectivity index (χ0n) is 7.59. The minimum atomic E-state index is 1.01. The lowest BCUT2D eigenvalue weighted by Gasteiger charge is -2.04. The summed E-state index contributed by atoms with van der Waals surface area (Å²) in [6.07, 6.45) is 3.67. The van der Waals surface area contributed by atoms with Gasteiger partial charge in [-0.05, 0) is 31.1 Å². The summed E-state index contributed by atoms with van der Waals surface area (Å²) >= 11 is 0. The van der Waals surface area contributed by atoms with E-state index in [1.54, 1.807) is 0 Å². The maximum atomic E-state index is 4.20. The van der Waals surface area contributed by atoms with Gasteiger partial charge in [0.1, 0.15) is 0 Å². The molecule has 0 saturated heterocycles. The van der Waals surface area contributed by atoms with Crippen LogP contribution in [0, 0.1) is 6.92 Å². The SMILES string of the molecule is C=Cc1cc(C)ncc1C(=C)C. The van der Waals surface area contributed by atoms with Crippen LogP contribution in [0.3, 0.4) is 0 Å². The fourth-order valence-electron chi connectivity index (χ4n) is 1.11. The van der Waals surface area contributed by atoms with Crippen LogP contribution in [0.2, 0.25) is 0 Å². The van der Waals surface area contributed by atoms with Gasteiger partial charge in [0.2, 0.25) is 0 Å². The number of hydrogen-bond acceptors (Lipinski definition) is 1. The molecule has 1 aromatic rings. The number of aromatic nitrogens is 1. The van der Waals surface area contributed by atoms with E-state index >= 15 is 0 Å². The second-order valence-corrected chi connectivity index (χ2v) is 2.90. The molecular formula is C11H13N. The van der Waals surface area contributed by atoms with Crippen molar-refractivity contribution in [1.82, 2.24) is 4.98 Å². The number of pyridine rings is 1. The Morgan fingerprint density at radius 1 is 1.58 bits per heavy atom. The Morgan fingerprint density at radius 3 is 2.75 bits per heavy atom. The van der Waals surface area contributed by atoms with Crippen LogP contribution in [0.25, 0.3) is 11.6 Å². The van der Waals surface area contributed by atoms with E-state index in [4.69, 9.17) is 0 Å². The van der Waals surface area contributed by atoms with Gasteiger partial charge in [-0.3, -0.25) is 4.98 Å². The molecule has 0 radical (unpaired) electrons. The first-order valence-electron chi connectivity index (χ1n) is 3.90. The summed E-state index contributed by atoms with van der Waals surface area (Å²) in [5.41, 5.74) is 4.22. The number of hydrogen-bond donors (Lipinski definition) is 0. The molecule has 1 rings (SSSR count). The van der Waals surface area contributed by atoms with Crippen molar-refractivity contribution in [2.75, 3.05) is 0 Å². The molecule has 0 amide bonds. The van der Waals surface area contributed by atoms with Crippen LogP contribution < -0.4 is 0 Å². The third-order valence-electron chi connectivity index (χ3n) is 1.75. The van der Waals surface area contributed by atoms with Crippen molar-refractivity contribution in [3.63, 3.8) is 0 Å². The molecule has 0 spiro atoms. The molecule has 0 N–H and O–H groups in total. The van der Waals surface area contributed by atoms with Crippen LogP contribution in [0.15, 0.2) is 25.4 Å². The topological polar surface area (TPSA) is 12.9 Å². The second kappa shape index (κ2) is 3.35. The van der Waals surface area contributed by atoms with E-state index in [-0.39, 0.29) is 0 Å². The Morgan fingerprint density at radius 2 is 2.25 bits per heavy atom. The quantitative estimate of drug-likeness (QED) is 0.646. The third-order valence-corrected chi connectivity index (χ3v) is 1.75. The molecule has 1 nitrogen and oxygen atoms in total. The van der Waals surface area contributed by atoms with Crippen molar-refractivity contribution in [3.8, 4) is 0 Å². The van der Waals surface area contributed by atoms with Crippen molar-refractivity contribution in [2.24, 2.45) is 0 Å². The van der Waals surface area contributed by atoms with Crippen molar-refractivity contribution < 1.29 is 0 Å². The lowest BCUT2D eigenvalue weighted by atomic mass is 10.0. The van der Waals surface area contributed by atoms with Gasteiger partial charge >= 0.3 is 0 Å². The average molecular weight is 159 g/mol. The lowest BCUT2D eigenvalue weighted by molar-refractivity contribution is 1.18. The molecule has 0 bridgehead atoms. The van der Waals surface area contributed by atoms with Crippen LogP contribution >= 0.6 is 0 Å². The normalized spacial score (nSPS) is 9.50. The first kappa shape index (κ1) is 8.72. The Labute approximate surface area is 73.5 Å². The summed E-state index contributed by atoms with van der Waals surface area (Å²) in [4.78, 5) is 4.20. The van der Waals surface area contributed by atoms with E-state index in [1.165, 1.54) is 0 Å². The van der Waals surface area contributed by atoms with Gasteiger partial charge in [0.15, 0.2) is 0 Å². The van der Waals surface area contributed by atoms with E-state index in [1.807, 2.05) is 32.2 Å². The Hall–Kier alpha value is -1.37. The highest BCUT2D eigenvalue weighted by Crippen LogP contribution is 2.17. The highest BCUT2D eigenvalue weighted by atomic mass is 14.7. The van der Waals surface area contributed by atoms with Crippen molar-refractivity contribution in [2.45, 2.75) is 13.8 Å². The van der Waals surface area contributed by atoms with Gasteiger partial charge in [-0.2, -0.15) is 0 Å². The fraction of sp³-hybridized carbons (Fsp3) is 0.182.